The van der Waals surface area contributed by atoms with E-state index in [-0.39, 0.29) is 0 Å². The lowest BCUT2D eigenvalue weighted by atomic mass is 10.2. The highest BCUT2D eigenvalue weighted by Crippen LogP contribution is 2.31. The van der Waals surface area contributed by atoms with Crippen LogP contribution in [-0.4, -0.2) is 12.3 Å². The van der Waals surface area contributed by atoms with E-state index in [0.29, 0.717) is 6.04 Å². The van der Waals surface area contributed by atoms with Crippen LogP contribution in [0.4, 0.5) is 0 Å². The first-order valence-corrected chi connectivity index (χ1v) is 9.12. The molecule has 0 radical (unpaired) electrons. The predicted molar refractivity (Wildman–Crippen MR) is 92.5 cm³/mol. The van der Waals surface area contributed by atoms with Gasteiger partial charge < -0.3 is 5.32 Å². The van der Waals surface area contributed by atoms with Crippen molar-refractivity contribution in [2.75, 3.05) is 12.3 Å². The third kappa shape index (κ3) is 4.97. The minimum Gasteiger partial charge on any atom is -0.309 e. The van der Waals surface area contributed by atoms with E-state index in [4.69, 9.17) is 23.2 Å². The van der Waals surface area contributed by atoms with E-state index >= 15 is 0 Å². The standard InChI is InChI=1S/C15H17Cl2NS2/c1-2-9-18-13(14-7-8-15(17)20-14)10-19-12-5-3-11(16)4-6-12/h3-8,13,18H,2,9-10H2,1H3. The molecule has 2 aromatic rings. The topological polar surface area (TPSA) is 12.0 Å². The van der Waals surface area contributed by atoms with Crippen molar-refractivity contribution in [2.45, 2.75) is 24.3 Å². The summed E-state index contributed by atoms with van der Waals surface area (Å²) in [6, 6.07) is 12.4. The molecule has 1 unspecified atom stereocenters. The first-order valence-electron chi connectivity index (χ1n) is 6.56. The lowest BCUT2D eigenvalue weighted by Gasteiger charge is -2.16. The van der Waals surface area contributed by atoms with Crippen LogP contribution in [0.25, 0.3) is 0 Å². The fourth-order valence-corrected chi connectivity index (χ4v) is 4.14. The Labute approximate surface area is 138 Å². The summed E-state index contributed by atoms with van der Waals surface area (Å²) in [5, 5.41) is 4.36. The van der Waals surface area contributed by atoms with Crippen molar-refractivity contribution in [1.29, 1.82) is 0 Å². The summed E-state index contributed by atoms with van der Waals surface area (Å²) in [4.78, 5) is 2.53. The second-order valence-electron chi connectivity index (χ2n) is 4.41. The first-order chi connectivity index (χ1) is 9.69. The van der Waals surface area contributed by atoms with E-state index in [1.54, 1.807) is 11.3 Å². The molecule has 2 rings (SSSR count). The Morgan fingerprint density at radius 2 is 1.90 bits per heavy atom. The number of hydrogen-bond donors (Lipinski definition) is 1. The third-order valence-corrected chi connectivity index (χ3v) is 5.51. The van der Waals surface area contributed by atoms with E-state index in [2.05, 4.69) is 30.4 Å². The van der Waals surface area contributed by atoms with Gasteiger partial charge in [-0.05, 0) is 49.4 Å². The van der Waals surface area contributed by atoms with Gasteiger partial charge in [0.05, 0.1) is 10.4 Å². The molecule has 0 spiro atoms. The Balaban J connectivity index is 1.98. The molecule has 1 N–H and O–H groups in total. The predicted octanol–water partition coefficient (Wildman–Crippen LogP) is 5.89. The highest BCUT2D eigenvalue weighted by molar-refractivity contribution is 7.99. The molecule has 1 aromatic carbocycles. The van der Waals surface area contributed by atoms with Gasteiger partial charge in [-0.2, -0.15) is 0 Å². The highest BCUT2D eigenvalue weighted by Gasteiger charge is 2.13. The molecular formula is C15H17Cl2NS2. The minimum atomic E-state index is 0.341. The van der Waals surface area contributed by atoms with Gasteiger partial charge in [-0.25, -0.2) is 0 Å². The molecule has 108 valence electrons. The number of thiophene rings is 1. The highest BCUT2D eigenvalue weighted by atomic mass is 35.5. The van der Waals surface area contributed by atoms with Crippen molar-refractivity contribution >= 4 is 46.3 Å². The Hall–Kier alpha value is -0.190. The number of thioether (sulfide) groups is 1. The van der Waals surface area contributed by atoms with Crippen LogP contribution in [0.2, 0.25) is 9.36 Å². The van der Waals surface area contributed by atoms with Crippen LogP contribution in [0.5, 0.6) is 0 Å². The van der Waals surface area contributed by atoms with Crippen LogP contribution in [-0.2, 0) is 0 Å². The molecule has 20 heavy (non-hydrogen) atoms. The molecule has 0 bridgehead atoms. The number of halogens is 2. The molecule has 1 aromatic heterocycles. The van der Waals surface area contributed by atoms with Crippen LogP contribution in [0.15, 0.2) is 41.3 Å². The molecule has 0 saturated carbocycles. The second-order valence-corrected chi connectivity index (χ2v) is 7.69. The van der Waals surface area contributed by atoms with Crippen molar-refractivity contribution in [3.8, 4) is 0 Å². The minimum absolute atomic E-state index is 0.341. The zero-order valence-electron chi connectivity index (χ0n) is 11.2. The van der Waals surface area contributed by atoms with E-state index < -0.39 is 0 Å². The normalized spacial score (nSPS) is 12.6. The maximum atomic E-state index is 6.04. The lowest BCUT2D eigenvalue weighted by molar-refractivity contribution is 0.585. The Morgan fingerprint density at radius 1 is 1.15 bits per heavy atom. The fourth-order valence-electron chi connectivity index (χ4n) is 1.79. The lowest BCUT2D eigenvalue weighted by Crippen LogP contribution is -2.23. The average molecular weight is 346 g/mol. The quantitative estimate of drug-likeness (QED) is 0.628. The summed E-state index contributed by atoms with van der Waals surface area (Å²) in [6.07, 6.45) is 1.13. The number of rotatable bonds is 7. The van der Waals surface area contributed by atoms with Crippen molar-refractivity contribution in [2.24, 2.45) is 0 Å². The Kier molecular flexibility index (Phi) is 6.72. The largest absolute Gasteiger partial charge is 0.309 e. The zero-order chi connectivity index (χ0) is 14.4. The van der Waals surface area contributed by atoms with Crippen molar-refractivity contribution in [1.82, 2.24) is 5.32 Å². The van der Waals surface area contributed by atoms with Crippen LogP contribution in [0.1, 0.15) is 24.3 Å². The van der Waals surface area contributed by atoms with Crippen LogP contribution >= 0.6 is 46.3 Å². The molecular weight excluding hydrogens is 329 g/mol. The van der Waals surface area contributed by atoms with Crippen LogP contribution in [0, 0.1) is 0 Å². The number of nitrogens with one attached hydrogen (secondary N) is 1. The van der Waals surface area contributed by atoms with Gasteiger partial charge in [-0.1, -0.05) is 30.1 Å². The molecule has 0 fully saturated rings. The number of hydrogen-bond acceptors (Lipinski definition) is 3. The fraction of sp³-hybridized carbons (Fsp3) is 0.333. The molecule has 1 atom stereocenters. The summed E-state index contributed by atoms with van der Waals surface area (Å²) in [6.45, 7) is 3.19. The summed E-state index contributed by atoms with van der Waals surface area (Å²) in [5.41, 5.74) is 0. The monoisotopic (exact) mass is 345 g/mol. The summed E-state index contributed by atoms with van der Waals surface area (Å²) >= 11 is 15.4. The van der Waals surface area contributed by atoms with Crippen molar-refractivity contribution in [3.63, 3.8) is 0 Å². The molecule has 0 aliphatic carbocycles. The second kappa shape index (κ2) is 8.30. The van der Waals surface area contributed by atoms with Gasteiger partial charge in [0.25, 0.3) is 0 Å². The summed E-state index contributed by atoms with van der Waals surface area (Å²) in [5.74, 6) is 0.985. The van der Waals surface area contributed by atoms with Gasteiger partial charge in [0.2, 0.25) is 0 Å². The summed E-state index contributed by atoms with van der Waals surface area (Å²) < 4.78 is 0.847. The molecule has 1 heterocycles. The third-order valence-electron chi connectivity index (χ3n) is 2.81. The smallest absolute Gasteiger partial charge is 0.0931 e. The van der Waals surface area contributed by atoms with Gasteiger partial charge >= 0.3 is 0 Å². The zero-order valence-corrected chi connectivity index (χ0v) is 14.4. The van der Waals surface area contributed by atoms with Gasteiger partial charge in [-0.3, -0.25) is 0 Å². The average Bonchev–Trinajstić information content (AvgIpc) is 2.87. The molecule has 0 saturated heterocycles. The van der Waals surface area contributed by atoms with Crippen molar-refractivity contribution < 1.29 is 0 Å². The van der Waals surface area contributed by atoms with E-state index in [1.807, 2.05) is 30.0 Å². The maximum Gasteiger partial charge on any atom is 0.0931 e. The van der Waals surface area contributed by atoms with E-state index in [0.717, 1.165) is 28.1 Å². The van der Waals surface area contributed by atoms with Crippen LogP contribution in [0.3, 0.4) is 0 Å². The van der Waals surface area contributed by atoms with Gasteiger partial charge in [0.15, 0.2) is 0 Å². The van der Waals surface area contributed by atoms with Gasteiger partial charge in [0.1, 0.15) is 0 Å². The maximum absolute atomic E-state index is 6.04. The molecule has 1 nitrogen and oxygen atoms in total. The number of benzene rings is 1. The molecule has 5 heteroatoms. The molecule has 0 aliphatic rings. The molecule has 0 aliphatic heterocycles. The SMILES string of the molecule is CCCNC(CSc1ccc(Cl)cc1)c1ccc(Cl)s1. The van der Waals surface area contributed by atoms with E-state index in [9.17, 15) is 0 Å². The molecule has 0 amide bonds. The van der Waals surface area contributed by atoms with Gasteiger partial charge in [0, 0.05) is 20.5 Å². The van der Waals surface area contributed by atoms with Gasteiger partial charge in [-0.15, -0.1) is 23.1 Å². The van der Waals surface area contributed by atoms with E-state index in [1.165, 1.54) is 9.77 Å². The Bertz CT molecular complexity index is 525. The van der Waals surface area contributed by atoms with Crippen molar-refractivity contribution in [3.05, 3.63) is 50.6 Å². The first kappa shape index (κ1) is 16.2. The summed E-state index contributed by atoms with van der Waals surface area (Å²) in [7, 11) is 0. The van der Waals surface area contributed by atoms with Crippen LogP contribution < -0.4 is 5.32 Å². The Morgan fingerprint density at radius 3 is 2.50 bits per heavy atom.